The molecule has 2 aromatic carbocycles. The summed E-state index contributed by atoms with van der Waals surface area (Å²) >= 11 is 0. The van der Waals surface area contributed by atoms with Crippen LogP contribution < -0.4 is 10.2 Å². The average molecular weight is 461 g/mol. The zero-order chi connectivity index (χ0) is 23.6. The third kappa shape index (κ3) is 5.61. The monoisotopic (exact) mass is 460 g/mol. The molecular weight excluding hydrogens is 429 g/mol. The molecule has 2 heterocycles. The van der Waals surface area contributed by atoms with Gasteiger partial charge in [-0.15, -0.1) is 0 Å². The predicted molar refractivity (Wildman–Crippen MR) is 125 cm³/mol. The van der Waals surface area contributed by atoms with E-state index in [0.29, 0.717) is 19.6 Å². The lowest BCUT2D eigenvalue weighted by atomic mass is 9.96. The first-order valence-corrected chi connectivity index (χ1v) is 11.5. The molecule has 2 aliphatic heterocycles. The van der Waals surface area contributed by atoms with Gasteiger partial charge in [0.05, 0.1) is 5.92 Å². The topological polar surface area (TPSA) is 38.8 Å². The maximum Gasteiger partial charge on any atom is 0.391 e. The first-order chi connectivity index (χ1) is 15.7. The summed E-state index contributed by atoms with van der Waals surface area (Å²) in [6.07, 6.45) is -2.87. The molecule has 0 aliphatic carbocycles. The number of nitrogens with one attached hydrogen (secondary N) is 1. The smallest absolute Gasteiger partial charge is 0.372 e. The van der Waals surface area contributed by atoms with Crippen LogP contribution in [0.1, 0.15) is 35.2 Å². The van der Waals surface area contributed by atoms with Crippen molar-refractivity contribution in [3.05, 3.63) is 53.6 Å². The third-order valence-electron chi connectivity index (χ3n) is 6.50. The number of hydrogen-bond donors (Lipinski definition) is 1. The van der Waals surface area contributed by atoms with Crippen LogP contribution in [-0.4, -0.2) is 62.2 Å². The Balaban J connectivity index is 1.34. The van der Waals surface area contributed by atoms with Gasteiger partial charge in [0.25, 0.3) is 5.91 Å². The van der Waals surface area contributed by atoms with Crippen molar-refractivity contribution in [2.75, 3.05) is 50.5 Å². The zero-order valence-corrected chi connectivity index (χ0v) is 19.2. The molecule has 1 N–H and O–H groups in total. The van der Waals surface area contributed by atoms with Gasteiger partial charge in [0, 0.05) is 48.8 Å². The molecule has 0 saturated carbocycles. The van der Waals surface area contributed by atoms with Crippen molar-refractivity contribution in [3.8, 4) is 0 Å². The fourth-order valence-electron chi connectivity index (χ4n) is 4.60. The van der Waals surface area contributed by atoms with E-state index in [-0.39, 0.29) is 18.7 Å². The van der Waals surface area contributed by atoms with Gasteiger partial charge in [0.2, 0.25) is 0 Å². The van der Waals surface area contributed by atoms with Gasteiger partial charge in [0.15, 0.2) is 0 Å². The van der Waals surface area contributed by atoms with E-state index in [1.807, 2.05) is 66.4 Å². The van der Waals surface area contributed by atoms with Crippen molar-refractivity contribution >= 4 is 23.0 Å². The largest absolute Gasteiger partial charge is 0.391 e. The van der Waals surface area contributed by atoms with Gasteiger partial charge >= 0.3 is 6.18 Å². The minimum absolute atomic E-state index is 0.0916. The van der Waals surface area contributed by atoms with Gasteiger partial charge in [-0.1, -0.05) is 0 Å². The standard InChI is InChI=1S/C25H31F3N4O/c1-30(2)12-3-13-32-17-18-16-21(6-9-23(18)24(32)33)29-20-4-7-22(8-5-20)31-14-10-19(11-15-31)25(26,27)28/h4-9,16,19,29H,3,10-15,17H2,1-2H3. The zero-order valence-electron chi connectivity index (χ0n) is 19.2. The molecule has 0 unspecified atom stereocenters. The SMILES string of the molecule is CN(C)CCCN1Cc2cc(Nc3ccc(N4CCC(C(F)(F)F)CC4)cc3)ccc2C1=O. The van der Waals surface area contributed by atoms with Gasteiger partial charge < -0.3 is 20.0 Å². The maximum absolute atomic E-state index is 12.9. The van der Waals surface area contributed by atoms with Crippen molar-refractivity contribution in [1.82, 2.24) is 9.80 Å². The summed E-state index contributed by atoms with van der Waals surface area (Å²) in [7, 11) is 4.06. The number of carbonyl (C=O) groups excluding carboxylic acids is 1. The summed E-state index contributed by atoms with van der Waals surface area (Å²) in [5.74, 6) is -1.10. The Morgan fingerprint density at radius 2 is 1.70 bits per heavy atom. The Kier molecular flexibility index (Phi) is 6.83. The second-order valence-electron chi connectivity index (χ2n) is 9.23. The van der Waals surface area contributed by atoms with E-state index in [1.54, 1.807) is 0 Å². The number of alkyl halides is 3. The van der Waals surface area contributed by atoms with Crippen LogP contribution in [0.15, 0.2) is 42.5 Å². The van der Waals surface area contributed by atoms with Gasteiger partial charge in [-0.3, -0.25) is 4.79 Å². The molecule has 5 nitrogen and oxygen atoms in total. The number of anilines is 3. The molecule has 0 aromatic heterocycles. The molecule has 33 heavy (non-hydrogen) atoms. The van der Waals surface area contributed by atoms with Crippen molar-refractivity contribution in [1.29, 1.82) is 0 Å². The number of carbonyl (C=O) groups is 1. The summed E-state index contributed by atoms with van der Waals surface area (Å²) in [4.78, 5) is 18.7. The lowest BCUT2D eigenvalue weighted by Gasteiger charge is -2.34. The van der Waals surface area contributed by atoms with Crippen molar-refractivity contribution in [2.24, 2.45) is 5.92 Å². The minimum Gasteiger partial charge on any atom is -0.372 e. The number of benzene rings is 2. The van der Waals surface area contributed by atoms with Gasteiger partial charge in [-0.25, -0.2) is 0 Å². The third-order valence-corrected chi connectivity index (χ3v) is 6.50. The van der Waals surface area contributed by atoms with Crippen LogP contribution in [-0.2, 0) is 6.54 Å². The number of nitrogens with zero attached hydrogens (tertiary/aromatic N) is 3. The van der Waals surface area contributed by atoms with E-state index >= 15 is 0 Å². The Bertz CT molecular complexity index is 967. The summed E-state index contributed by atoms with van der Waals surface area (Å²) in [6.45, 7) is 3.16. The van der Waals surface area contributed by atoms with Crippen LogP contribution in [0.4, 0.5) is 30.2 Å². The van der Waals surface area contributed by atoms with Crippen molar-refractivity contribution < 1.29 is 18.0 Å². The van der Waals surface area contributed by atoms with Crippen LogP contribution >= 0.6 is 0 Å². The maximum atomic E-state index is 12.9. The minimum atomic E-state index is -4.09. The Morgan fingerprint density at radius 1 is 1.03 bits per heavy atom. The molecule has 0 atom stereocenters. The number of fused-ring (bicyclic) bond motifs is 1. The molecule has 1 amide bonds. The average Bonchev–Trinajstić information content (AvgIpc) is 3.08. The normalized spacial score (nSPS) is 17.1. The molecular formula is C25H31F3N4O. The number of piperidine rings is 1. The fourth-order valence-corrected chi connectivity index (χ4v) is 4.60. The molecule has 178 valence electrons. The molecule has 0 bridgehead atoms. The van der Waals surface area contributed by atoms with Crippen LogP contribution in [0.25, 0.3) is 0 Å². The van der Waals surface area contributed by atoms with Crippen LogP contribution in [0, 0.1) is 5.92 Å². The second kappa shape index (κ2) is 9.63. The highest BCUT2D eigenvalue weighted by molar-refractivity contribution is 5.98. The first kappa shape index (κ1) is 23.4. The van der Waals surface area contributed by atoms with Gasteiger partial charge in [0.1, 0.15) is 0 Å². The van der Waals surface area contributed by atoms with Crippen LogP contribution in [0.2, 0.25) is 0 Å². The second-order valence-corrected chi connectivity index (χ2v) is 9.23. The highest BCUT2D eigenvalue weighted by Crippen LogP contribution is 2.35. The number of rotatable bonds is 7. The summed E-state index contributed by atoms with van der Waals surface area (Å²) in [5.41, 5.74) is 4.54. The Labute approximate surface area is 193 Å². The molecule has 2 aromatic rings. The molecule has 0 spiro atoms. The molecule has 8 heteroatoms. The quantitative estimate of drug-likeness (QED) is 0.623. The predicted octanol–water partition coefficient (Wildman–Crippen LogP) is 5.12. The van der Waals surface area contributed by atoms with E-state index in [1.165, 1.54) is 0 Å². The van der Waals surface area contributed by atoms with E-state index in [4.69, 9.17) is 0 Å². The molecule has 1 saturated heterocycles. The summed E-state index contributed by atoms with van der Waals surface area (Å²) in [6, 6.07) is 13.6. The van der Waals surface area contributed by atoms with Crippen molar-refractivity contribution in [2.45, 2.75) is 32.0 Å². The first-order valence-electron chi connectivity index (χ1n) is 11.5. The van der Waals surface area contributed by atoms with E-state index in [9.17, 15) is 18.0 Å². The molecule has 2 aliphatic rings. The molecule has 4 rings (SSSR count). The number of halogens is 3. The van der Waals surface area contributed by atoms with E-state index in [2.05, 4.69) is 10.2 Å². The Hall–Kier alpha value is -2.74. The number of hydrogen-bond acceptors (Lipinski definition) is 4. The fraction of sp³-hybridized carbons (Fsp3) is 0.480. The van der Waals surface area contributed by atoms with E-state index in [0.717, 1.165) is 47.7 Å². The number of amides is 1. The van der Waals surface area contributed by atoms with Crippen molar-refractivity contribution in [3.63, 3.8) is 0 Å². The molecule has 1 fully saturated rings. The summed E-state index contributed by atoms with van der Waals surface area (Å²) in [5, 5.41) is 3.37. The molecule has 0 radical (unpaired) electrons. The Morgan fingerprint density at radius 3 is 2.33 bits per heavy atom. The highest BCUT2D eigenvalue weighted by atomic mass is 19.4. The van der Waals surface area contributed by atoms with Crippen LogP contribution in [0.5, 0.6) is 0 Å². The van der Waals surface area contributed by atoms with E-state index < -0.39 is 12.1 Å². The lowest BCUT2D eigenvalue weighted by molar-refractivity contribution is -0.179. The van der Waals surface area contributed by atoms with Gasteiger partial charge in [-0.05, 0) is 87.9 Å². The van der Waals surface area contributed by atoms with Crippen LogP contribution in [0.3, 0.4) is 0 Å². The summed E-state index contributed by atoms with van der Waals surface area (Å²) < 4.78 is 38.7. The lowest BCUT2D eigenvalue weighted by Crippen LogP contribution is -2.38. The highest BCUT2D eigenvalue weighted by Gasteiger charge is 2.41. The van der Waals surface area contributed by atoms with Gasteiger partial charge in [-0.2, -0.15) is 13.2 Å².